The van der Waals surface area contributed by atoms with Crippen LogP contribution in [0.5, 0.6) is 5.88 Å². The fourth-order valence-corrected chi connectivity index (χ4v) is 1.28. The first-order valence-corrected chi connectivity index (χ1v) is 4.21. The third-order valence-corrected chi connectivity index (χ3v) is 1.98. The third-order valence-electron chi connectivity index (χ3n) is 1.98. The van der Waals surface area contributed by atoms with Crippen LogP contribution in [0, 0.1) is 5.53 Å². The van der Waals surface area contributed by atoms with Crippen molar-refractivity contribution >= 4 is 5.69 Å². The summed E-state index contributed by atoms with van der Waals surface area (Å²) in [5.74, 6) is -0.360. The highest BCUT2D eigenvalue weighted by atomic mass is 16.3. The summed E-state index contributed by atoms with van der Waals surface area (Å²) in [6.45, 7) is 0. The molecule has 6 heteroatoms. The van der Waals surface area contributed by atoms with Crippen LogP contribution in [0.15, 0.2) is 40.2 Å². The van der Waals surface area contributed by atoms with Crippen LogP contribution >= 0.6 is 0 Å². The van der Waals surface area contributed by atoms with E-state index in [1.807, 2.05) is 6.07 Å². The molecule has 0 fully saturated rings. The normalized spacial score (nSPS) is 10.1. The van der Waals surface area contributed by atoms with Gasteiger partial charge in [-0.2, -0.15) is 0 Å². The largest absolute Gasteiger partial charge is 0.492 e. The maximum absolute atomic E-state index is 11.2. The van der Waals surface area contributed by atoms with E-state index in [0.29, 0.717) is 5.69 Å². The Morgan fingerprint density at radius 2 is 2.00 bits per heavy atom. The van der Waals surface area contributed by atoms with E-state index in [4.69, 9.17) is 5.53 Å². The van der Waals surface area contributed by atoms with Crippen LogP contribution < -0.4 is 5.56 Å². The van der Waals surface area contributed by atoms with Gasteiger partial charge in [-0.15, -0.1) is 5.11 Å². The third kappa shape index (κ3) is 1.41. The zero-order chi connectivity index (χ0) is 10.8. The molecular formula is C9H8N4O2. The van der Waals surface area contributed by atoms with Gasteiger partial charge in [-0.05, 0) is 12.1 Å². The standard InChI is InChI=1S/C9H8N4O2/c10-11-7-8(14)12-13(9(7)15)6-4-2-1-3-5-6/h1-5,10,15H,(H,12,14). The summed E-state index contributed by atoms with van der Waals surface area (Å²) in [6.07, 6.45) is 0. The van der Waals surface area contributed by atoms with E-state index in [2.05, 4.69) is 10.2 Å². The van der Waals surface area contributed by atoms with Gasteiger partial charge in [0, 0.05) is 0 Å². The van der Waals surface area contributed by atoms with Crippen LogP contribution in [0.25, 0.3) is 5.69 Å². The smallest absolute Gasteiger partial charge is 0.296 e. The average Bonchev–Trinajstić information content (AvgIpc) is 2.55. The molecule has 0 amide bonds. The fraction of sp³-hybridized carbons (Fsp3) is 0. The van der Waals surface area contributed by atoms with Gasteiger partial charge in [-0.3, -0.25) is 9.89 Å². The molecule has 1 aromatic heterocycles. The molecule has 0 aliphatic carbocycles. The van der Waals surface area contributed by atoms with Crippen molar-refractivity contribution in [3.63, 3.8) is 0 Å². The van der Waals surface area contributed by atoms with Crippen LogP contribution in [0.2, 0.25) is 0 Å². The first kappa shape index (κ1) is 9.20. The summed E-state index contributed by atoms with van der Waals surface area (Å²) < 4.78 is 1.18. The number of nitrogens with one attached hydrogen (secondary N) is 2. The van der Waals surface area contributed by atoms with E-state index < -0.39 is 5.56 Å². The molecule has 0 saturated heterocycles. The molecule has 0 unspecified atom stereocenters. The molecule has 0 saturated carbocycles. The van der Waals surface area contributed by atoms with Gasteiger partial charge >= 0.3 is 0 Å². The second-order valence-corrected chi connectivity index (χ2v) is 2.90. The van der Waals surface area contributed by atoms with E-state index in [0.717, 1.165) is 0 Å². The number of H-pyrrole nitrogens is 1. The molecule has 0 spiro atoms. The molecule has 0 atom stereocenters. The summed E-state index contributed by atoms with van der Waals surface area (Å²) >= 11 is 0. The highest BCUT2D eigenvalue weighted by Gasteiger charge is 2.13. The molecule has 6 nitrogen and oxygen atoms in total. The summed E-state index contributed by atoms with van der Waals surface area (Å²) in [6, 6.07) is 8.78. The molecule has 0 radical (unpaired) electrons. The minimum Gasteiger partial charge on any atom is -0.492 e. The number of aromatic nitrogens is 2. The fourth-order valence-electron chi connectivity index (χ4n) is 1.28. The Bertz CT molecular complexity index is 541. The van der Waals surface area contributed by atoms with E-state index >= 15 is 0 Å². The summed E-state index contributed by atoms with van der Waals surface area (Å²) in [4.78, 5) is 11.2. The van der Waals surface area contributed by atoms with Crippen molar-refractivity contribution in [2.45, 2.75) is 0 Å². The van der Waals surface area contributed by atoms with Crippen molar-refractivity contribution in [1.82, 2.24) is 9.78 Å². The number of rotatable bonds is 2. The van der Waals surface area contributed by atoms with Crippen molar-refractivity contribution in [3.05, 3.63) is 40.7 Å². The Balaban J connectivity index is 2.65. The van der Waals surface area contributed by atoms with Crippen molar-refractivity contribution in [2.24, 2.45) is 5.11 Å². The Morgan fingerprint density at radius 1 is 1.33 bits per heavy atom. The molecule has 1 aromatic carbocycles. The SMILES string of the molecule is N=Nc1c(O)n(-c2ccccc2)[nH]c1=O. The molecular weight excluding hydrogens is 196 g/mol. The van der Waals surface area contributed by atoms with Crippen molar-refractivity contribution in [1.29, 1.82) is 5.53 Å². The Morgan fingerprint density at radius 3 is 2.53 bits per heavy atom. The first-order valence-electron chi connectivity index (χ1n) is 4.21. The topological polar surface area (TPSA) is 94.2 Å². The Kier molecular flexibility index (Phi) is 2.09. The summed E-state index contributed by atoms with van der Waals surface area (Å²) in [7, 11) is 0. The van der Waals surface area contributed by atoms with E-state index in [9.17, 15) is 9.90 Å². The van der Waals surface area contributed by atoms with Gasteiger partial charge in [-0.25, -0.2) is 10.2 Å². The maximum Gasteiger partial charge on any atom is 0.296 e. The first-order chi connectivity index (χ1) is 7.24. The van der Waals surface area contributed by atoms with Gasteiger partial charge in [-0.1, -0.05) is 18.2 Å². The minimum absolute atomic E-state index is 0.293. The van der Waals surface area contributed by atoms with Gasteiger partial charge in [0.05, 0.1) is 5.69 Å². The highest BCUT2D eigenvalue weighted by molar-refractivity contribution is 5.48. The number of aromatic amines is 1. The second kappa shape index (κ2) is 3.41. The lowest BCUT2D eigenvalue weighted by Crippen LogP contribution is -2.03. The molecule has 2 rings (SSSR count). The molecule has 15 heavy (non-hydrogen) atoms. The van der Waals surface area contributed by atoms with Crippen LogP contribution in [0.4, 0.5) is 5.69 Å². The monoisotopic (exact) mass is 204 g/mol. The molecule has 1 heterocycles. The van der Waals surface area contributed by atoms with Gasteiger partial charge in [0.2, 0.25) is 11.6 Å². The van der Waals surface area contributed by atoms with Crippen LogP contribution in [0.3, 0.4) is 0 Å². The number of hydrogen-bond donors (Lipinski definition) is 3. The average molecular weight is 204 g/mol. The zero-order valence-corrected chi connectivity index (χ0v) is 7.64. The van der Waals surface area contributed by atoms with Crippen molar-refractivity contribution in [2.75, 3.05) is 0 Å². The lowest BCUT2D eigenvalue weighted by atomic mass is 10.3. The molecule has 0 aliphatic heterocycles. The molecule has 0 bridgehead atoms. The van der Waals surface area contributed by atoms with Gasteiger partial charge in [0.25, 0.3) is 5.56 Å². The van der Waals surface area contributed by atoms with Crippen molar-refractivity contribution in [3.8, 4) is 11.6 Å². The Hall–Kier alpha value is -2.37. The lowest BCUT2D eigenvalue weighted by molar-refractivity contribution is 0.434. The summed E-state index contributed by atoms with van der Waals surface area (Å²) in [5, 5.41) is 14.9. The zero-order valence-electron chi connectivity index (χ0n) is 7.64. The van der Waals surface area contributed by atoms with Gasteiger partial charge < -0.3 is 5.11 Å². The van der Waals surface area contributed by atoms with E-state index in [1.165, 1.54) is 4.68 Å². The molecule has 76 valence electrons. The minimum atomic E-state index is -0.591. The van der Waals surface area contributed by atoms with Crippen LogP contribution in [0.1, 0.15) is 0 Å². The summed E-state index contributed by atoms with van der Waals surface area (Å²) in [5.41, 5.74) is 6.45. The van der Waals surface area contributed by atoms with Crippen LogP contribution in [-0.2, 0) is 0 Å². The maximum atomic E-state index is 11.2. The van der Waals surface area contributed by atoms with Gasteiger partial charge in [0.1, 0.15) is 0 Å². The molecule has 0 aliphatic rings. The number of para-hydroxylation sites is 1. The number of aromatic hydroxyl groups is 1. The number of benzene rings is 1. The number of hydrogen-bond acceptors (Lipinski definition) is 4. The quantitative estimate of drug-likeness (QED) is 0.647. The van der Waals surface area contributed by atoms with Crippen LogP contribution in [-0.4, -0.2) is 14.9 Å². The highest BCUT2D eigenvalue weighted by Crippen LogP contribution is 2.23. The van der Waals surface area contributed by atoms with Gasteiger partial charge in [0.15, 0.2) is 0 Å². The second-order valence-electron chi connectivity index (χ2n) is 2.90. The van der Waals surface area contributed by atoms with E-state index in [-0.39, 0.29) is 11.6 Å². The predicted octanol–water partition coefficient (Wildman–Crippen LogP) is 1.53. The van der Waals surface area contributed by atoms with Crippen molar-refractivity contribution < 1.29 is 5.11 Å². The van der Waals surface area contributed by atoms with E-state index in [1.54, 1.807) is 24.3 Å². The molecule has 2 aromatic rings. The Labute approximate surface area is 84.3 Å². The lowest BCUT2D eigenvalue weighted by Gasteiger charge is -2.02. The molecule has 3 N–H and O–H groups in total. The predicted molar refractivity (Wildman–Crippen MR) is 52.9 cm³/mol. The number of nitrogens with zero attached hydrogens (tertiary/aromatic N) is 2.